The molecule has 0 bridgehead atoms. The van der Waals surface area contributed by atoms with Crippen LogP contribution in [0.25, 0.3) is 0 Å². The van der Waals surface area contributed by atoms with Crippen LogP contribution in [0, 0.1) is 0 Å². The molecular formula is C3H6ClIO. The van der Waals surface area contributed by atoms with Crippen molar-refractivity contribution in [3.63, 3.8) is 0 Å². The first-order chi connectivity index (χ1) is 2.56. The zero-order valence-corrected chi connectivity index (χ0v) is 6.32. The van der Waals surface area contributed by atoms with E-state index in [-0.39, 0.29) is 0 Å². The summed E-state index contributed by atoms with van der Waals surface area (Å²) in [4.78, 5) is 0. The summed E-state index contributed by atoms with van der Waals surface area (Å²) in [6.45, 7) is 1.56. The molecule has 0 aromatic heterocycles. The predicted molar refractivity (Wildman–Crippen MR) is 35.4 cm³/mol. The van der Waals surface area contributed by atoms with Crippen LogP contribution >= 0.6 is 34.2 Å². The number of rotatable bonds is 1. The van der Waals surface area contributed by atoms with Gasteiger partial charge in [0.15, 0.2) is 0 Å². The molecule has 6 heavy (non-hydrogen) atoms. The minimum Gasteiger partial charge on any atom is -0.374 e. The van der Waals surface area contributed by atoms with Crippen LogP contribution in [0.5, 0.6) is 0 Å². The summed E-state index contributed by atoms with van der Waals surface area (Å²) in [7, 11) is 0. The van der Waals surface area contributed by atoms with Crippen molar-refractivity contribution in [2.45, 2.75) is 12.0 Å². The van der Waals surface area contributed by atoms with Crippen molar-refractivity contribution >= 4 is 34.2 Å². The maximum atomic E-state index is 8.58. The first-order valence-electron chi connectivity index (χ1n) is 1.53. The van der Waals surface area contributed by atoms with E-state index in [0.717, 1.165) is 0 Å². The van der Waals surface area contributed by atoms with Crippen LogP contribution in [-0.4, -0.2) is 14.6 Å². The van der Waals surface area contributed by atoms with E-state index >= 15 is 0 Å². The normalized spacial score (nSPS) is 20.0. The SMILES string of the molecule is CC(O)(Cl)CI. The van der Waals surface area contributed by atoms with Gasteiger partial charge in [0.25, 0.3) is 0 Å². The minimum absolute atomic E-state index is 0.562. The molecule has 0 radical (unpaired) electrons. The van der Waals surface area contributed by atoms with Gasteiger partial charge in [-0.05, 0) is 6.92 Å². The van der Waals surface area contributed by atoms with E-state index in [2.05, 4.69) is 0 Å². The molecular weight excluding hydrogens is 214 g/mol. The first kappa shape index (κ1) is 6.98. The van der Waals surface area contributed by atoms with Crippen LogP contribution in [0.4, 0.5) is 0 Å². The van der Waals surface area contributed by atoms with Gasteiger partial charge in [-0.3, -0.25) is 0 Å². The van der Waals surface area contributed by atoms with Crippen LogP contribution in [-0.2, 0) is 0 Å². The van der Waals surface area contributed by atoms with Gasteiger partial charge in [0.2, 0.25) is 0 Å². The van der Waals surface area contributed by atoms with Crippen molar-refractivity contribution in [3.05, 3.63) is 0 Å². The Labute approximate surface area is 55.8 Å². The Morgan fingerprint density at radius 2 is 2.17 bits per heavy atom. The molecule has 38 valence electrons. The van der Waals surface area contributed by atoms with E-state index in [9.17, 15) is 0 Å². The summed E-state index contributed by atoms with van der Waals surface area (Å²) in [5.41, 5.74) is 0. The van der Waals surface area contributed by atoms with E-state index in [4.69, 9.17) is 16.7 Å². The summed E-state index contributed by atoms with van der Waals surface area (Å²) < 4.78 is 0.562. The van der Waals surface area contributed by atoms with E-state index in [1.807, 2.05) is 22.6 Å². The van der Waals surface area contributed by atoms with E-state index in [1.165, 1.54) is 0 Å². The van der Waals surface area contributed by atoms with Gasteiger partial charge in [-0.1, -0.05) is 34.2 Å². The molecule has 0 saturated carbocycles. The van der Waals surface area contributed by atoms with Gasteiger partial charge in [0.1, 0.15) is 5.06 Å². The van der Waals surface area contributed by atoms with Crippen molar-refractivity contribution < 1.29 is 5.11 Å². The second-order valence-corrected chi connectivity index (χ2v) is 2.85. The fourth-order valence-corrected chi connectivity index (χ4v) is 0. The van der Waals surface area contributed by atoms with Gasteiger partial charge in [-0.15, -0.1) is 0 Å². The lowest BCUT2D eigenvalue weighted by molar-refractivity contribution is 0.179. The number of hydrogen-bond donors (Lipinski definition) is 1. The Morgan fingerprint density at radius 1 is 2.00 bits per heavy atom. The smallest absolute Gasteiger partial charge is 0.144 e. The zero-order chi connectivity index (χ0) is 5.21. The summed E-state index contributed by atoms with van der Waals surface area (Å²) in [6.07, 6.45) is 0. The molecule has 0 aromatic rings. The molecule has 0 aliphatic carbocycles. The standard InChI is InChI=1S/C3H6ClIO/c1-3(4,6)2-5/h6H,2H2,1H3. The van der Waals surface area contributed by atoms with Crippen molar-refractivity contribution in [3.8, 4) is 0 Å². The van der Waals surface area contributed by atoms with E-state index in [0.29, 0.717) is 4.43 Å². The fraction of sp³-hybridized carbons (Fsp3) is 1.00. The average Bonchev–Trinajstić information content (AvgIpc) is 1.35. The quantitative estimate of drug-likeness (QED) is 0.523. The Hall–Kier alpha value is 0.980. The van der Waals surface area contributed by atoms with Gasteiger partial charge in [-0.2, -0.15) is 0 Å². The molecule has 1 N–H and O–H groups in total. The van der Waals surface area contributed by atoms with Crippen LogP contribution in [0.2, 0.25) is 0 Å². The highest BCUT2D eigenvalue weighted by molar-refractivity contribution is 14.1. The fourth-order valence-electron chi connectivity index (χ4n) is 0. The highest BCUT2D eigenvalue weighted by Crippen LogP contribution is 2.11. The van der Waals surface area contributed by atoms with Crippen LogP contribution in [0.3, 0.4) is 0 Å². The predicted octanol–water partition coefficient (Wildman–Crippen LogP) is 1.37. The number of aliphatic hydroxyl groups is 1. The highest BCUT2D eigenvalue weighted by atomic mass is 127. The van der Waals surface area contributed by atoms with E-state index in [1.54, 1.807) is 6.92 Å². The second-order valence-electron chi connectivity index (χ2n) is 1.28. The molecule has 0 aliphatic rings. The van der Waals surface area contributed by atoms with Gasteiger partial charge < -0.3 is 5.11 Å². The third-order valence-electron chi connectivity index (χ3n) is 0.244. The summed E-state index contributed by atoms with van der Waals surface area (Å²) in [5, 5.41) is 7.58. The van der Waals surface area contributed by atoms with Gasteiger partial charge in [-0.25, -0.2) is 0 Å². The Balaban J connectivity index is 3.17. The van der Waals surface area contributed by atoms with Gasteiger partial charge in [0, 0.05) is 4.43 Å². The summed E-state index contributed by atoms with van der Waals surface area (Å²) >= 11 is 7.28. The first-order valence-corrected chi connectivity index (χ1v) is 3.44. The average molecular weight is 220 g/mol. The zero-order valence-electron chi connectivity index (χ0n) is 3.41. The number of hydrogen-bond acceptors (Lipinski definition) is 1. The third kappa shape index (κ3) is 4.98. The lowest BCUT2D eigenvalue weighted by Gasteiger charge is -2.06. The monoisotopic (exact) mass is 220 g/mol. The molecule has 1 nitrogen and oxygen atoms in total. The molecule has 0 saturated heterocycles. The van der Waals surface area contributed by atoms with Crippen molar-refractivity contribution in [2.75, 3.05) is 4.43 Å². The van der Waals surface area contributed by atoms with Crippen molar-refractivity contribution in [1.82, 2.24) is 0 Å². The molecule has 0 rings (SSSR count). The minimum atomic E-state index is -0.999. The Kier molecular flexibility index (Phi) is 2.71. The third-order valence-corrected chi connectivity index (χ3v) is 2.31. The van der Waals surface area contributed by atoms with Crippen LogP contribution in [0.15, 0.2) is 0 Å². The van der Waals surface area contributed by atoms with Crippen LogP contribution in [0.1, 0.15) is 6.92 Å². The number of alkyl halides is 2. The maximum absolute atomic E-state index is 8.58. The van der Waals surface area contributed by atoms with Gasteiger partial charge >= 0.3 is 0 Å². The van der Waals surface area contributed by atoms with Crippen LogP contribution < -0.4 is 0 Å². The lowest BCUT2D eigenvalue weighted by Crippen LogP contribution is -2.15. The molecule has 0 aliphatic heterocycles. The molecule has 1 unspecified atom stereocenters. The molecule has 0 amide bonds. The van der Waals surface area contributed by atoms with Crippen molar-refractivity contribution in [1.29, 1.82) is 0 Å². The largest absolute Gasteiger partial charge is 0.374 e. The molecule has 0 heterocycles. The summed E-state index contributed by atoms with van der Waals surface area (Å²) in [6, 6.07) is 0. The van der Waals surface area contributed by atoms with Crippen molar-refractivity contribution in [2.24, 2.45) is 0 Å². The topological polar surface area (TPSA) is 20.2 Å². The Morgan fingerprint density at radius 3 is 2.17 bits per heavy atom. The second kappa shape index (κ2) is 2.33. The molecule has 3 heteroatoms. The number of halogens is 2. The molecule has 0 fully saturated rings. The highest BCUT2D eigenvalue weighted by Gasteiger charge is 2.10. The Bertz CT molecular complexity index is 40.5. The maximum Gasteiger partial charge on any atom is 0.144 e. The molecule has 1 atom stereocenters. The van der Waals surface area contributed by atoms with Gasteiger partial charge in [0.05, 0.1) is 0 Å². The lowest BCUT2D eigenvalue weighted by atomic mass is 10.5. The summed E-state index contributed by atoms with van der Waals surface area (Å²) in [5.74, 6) is 0. The molecule has 0 aromatic carbocycles. The van der Waals surface area contributed by atoms with E-state index < -0.39 is 5.06 Å². The molecule has 0 spiro atoms.